The number of aromatic nitrogens is 1. The summed E-state index contributed by atoms with van der Waals surface area (Å²) in [4.78, 5) is 8.70. The molecule has 0 saturated carbocycles. The molecular weight excluding hydrogens is 636 g/mol. The summed E-state index contributed by atoms with van der Waals surface area (Å²) in [6.45, 7) is 11.5. The Balaban J connectivity index is 1.32. The minimum Gasteiger partial charge on any atom is -0.493 e. The average molecular weight is 683 g/mol. The maximum absolute atomic E-state index is 9.69. The lowest BCUT2D eigenvalue weighted by Gasteiger charge is -2.24. The van der Waals surface area contributed by atoms with E-state index < -0.39 is 0 Å². The molecule has 0 amide bonds. The third-order valence-corrected chi connectivity index (χ3v) is 9.64. The van der Waals surface area contributed by atoms with Crippen LogP contribution in [0.25, 0.3) is 11.1 Å². The van der Waals surface area contributed by atoms with Crippen LogP contribution in [0.4, 0.5) is 0 Å². The maximum Gasteiger partial charge on any atom is 0.142 e. The van der Waals surface area contributed by atoms with E-state index in [9.17, 15) is 10.4 Å². The molecule has 1 N–H and O–H groups in total. The van der Waals surface area contributed by atoms with Gasteiger partial charge in [0.1, 0.15) is 36.5 Å². The van der Waals surface area contributed by atoms with Crippen LogP contribution in [0.3, 0.4) is 0 Å². The number of nitriles is 1. The highest BCUT2D eigenvalue weighted by Crippen LogP contribution is 2.37. The van der Waals surface area contributed by atoms with E-state index in [1.807, 2.05) is 31.0 Å². The molecule has 8 nitrogen and oxygen atoms in total. The molecule has 258 valence electrons. The number of rotatable bonds is 16. The predicted molar refractivity (Wildman–Crippen MR) is 194 cm³/mol. The van der Waals surface area contributed by atoms with Crippen LogP contribution in [0.1, 0.15) is 59.6 Å². The van der Waals surface area contributed by atoms with Gasteiger partial charge in [0.05, 0.1) is 23.8 Å². The molecule has 1 aromatic heterocycles. The van der Waals surface area contributed by atoms with Crippen LogP contribution in [-0.2, 0) is 19.8 Å². The lowest BCUT2D eigenvalue weighted by Crippen LogP contribution is -2.31. The van der Waals surface area contributed by atoms with Crippen molar-refractivity contribution in [1.82, 2.24) is 14.8 Å². The van der Waals surface area contributed by atoms with E-state index in [0.29, 0.717) is 41.8 Å². The van der Waals surface area contributed by atoms with Crippen LogP contribution in [0.15, 0.2) is 67.0 Å². The highest BCUT2D eigenvalue weighted by Gasteiger charge is 2.18. The molecule has 9 heteroatoms. The predicted octanol–water partition coefficient (Wildman–Crippen LogP) is 7.73. The molecule has 1 aliphatic rings. The van der Waals surface area contributed by atoms with E-state index in [4.69, 9.17) is 25.8 Å². The van der Waals surface area contributed by atoms with Crippen molar-refractivity contribution in [2.24, 2.45) is 0 Å². The van der Waals surface area contributed by atoms with Gasteiger partial charge < -0.3 is 24.2 Å². The van der Waals surface area contributed by atoms with E-state index in [0.717, 1.165) is 57.7 Å². The standard InChI is InChI=1S/C40H47ClN4O4/c1-28(25-46)44(4)24-34-19-37(41)40(20-39(34)48-26-32-18-31(21-42)22-43-23-32)49-27-33-10-7-11-35(29(33)2)36-12-8-13-38(30(36)3)47-17-9-16-45-14-5-6-15-45/h7-8,10-13,18-20,22-23,28,46H,5-6,9,14-17,24-27H2,1-4H3. The van der Waals surface area contributed by atoms with Gasteiger partial charge in [-0.1, -0.05) is 41.9 Å². The fourth-order valence-electron chi connectivity index (χ4n) is 6.12. The van der Waals surface area contributed by atoms with E-state index >= 15 is 0 Å². The van der Waals surface area contributed by atoms with Crippen molar-refractivity contribution < 1.29 is 19.3 Å². The number of hydrogen-bond donors (Lipinski definition) is 1. The summed E-state index contributed by atoms with van der Waals surface area (Å²) < 4.78 is 18.9. The zero-order chi connectivity index (χ0) is 34.8. The first-order valence-electron chi connectivity index (χ1n) is 17.0. The number of likely N-dealkylation sites (tertiary alicyclic amines) is 1. The molecule has 1 atom stereocenters. The van der Waals surface area contributed by atoms with Crippen LogP contribution in [0.5, 0.6) is 17.2 Å². The first kappa shape index (κ1) is 36.2. The largest absolute Gasteiger partial charge is 0.493 e. The second kappa shape index (κ2) is 17.5. The van der Waals surface area contributed by atoms with Crippen molar-refractivity contribution in [3.8, 4) is 34.4 Å². The highest BCUT2D eigenvalue weighted by molar-refractivity contribution is 6.32. The lowest BCUT2D eigenvalue weighted by atomic mass is 9.93. The number of aliphatic hydroxyl groups is 1. The van der Waals surface area contributed by atoms with Crippen LogP contribution < -0.4 is 14.2 Å². The molecule has 1 aliphatic heterocycles. The topological polar surface area (TPSA) is 91.1 Å². The first-order valence-corrected chi connectivity index (χ1v) is 17.4. The fourth-order valence-corrected chi connectivity index (χ4v) is 6.36. The van der Waals surface area contributed by atoms with Gasteiger partial charge >= 0.3 is 0 Å². The molecule has 0 aliphatic carbocycles. The Bertz CT molecular complexity index is 1750. The second-order valence-corrected chi connectivity index (χ2v) is 13.3. The Hall–Kier alpha value is -4.13. The van der Waals surface area contributed by atoms with Gasteiger partial charge in [-0.05, 0) is 106 Å². The third kappa shape index (κ3) is 9.52. The highest BCUT2D eigenvalue weighted by atomic mass is 35.5. The van der Waals surface area contributed by atoms with E-state index in [1.165, 1.54) is 32.1 Å². The molecule has 1 saturated heterocycles. The van der Waals surface area contributed by atoms with Gasteiger partial charge in [-0.3, -0.25) is 9.88 Å². The molecule has 1 fully saturated rings. The monoisotopic (exact) mass is 682 g/mol. The minimum absolute atomic E-state index is 0.0301. The Labute approximate surface area is 295 Å². The van der Waals surface area contributed by atoms with Gasteiger partial charge in [0.25, 0.3) is 0 Å². The summed E-state index contributed by atoms with van der Waals surface area (Å²) >= 11 is 6.80. The molecule has 4 aromatic rings. The number of likely N-dealkylation sites (N-methyl/N-ethyl adjacent to an activating group) is 1. The lowest BCUT2D eigenvalue weighted by molar-refractivity contribution is 0.152. The third-order valence-electron chi connectivity index (χ3n) is 9.35. The van der Waals surface area contributed by atoms with Crippen LogP contribution in [0.2, 0.25) is 5.02 Å². The van der Waals surface area contributed by atoms with Crippen molar-refractivity contribution in [2.75, 3.05) is 39.9 Å². The van der Waals surface area contributed by atoms with Crippen LogP contribution >= 0.6 is 11.6 Å². The van der Waals surface area contributed by atoms with Gasteiger partial charge in [0, 0.05) is 48.7 Å². The Morgan fingerprint density at radius 1 is 0.918 bits per heavy atom. The number of benzene rings is 3. The van der Waals surface area contributed by atoms with E-state index in [-0.39, 0.29) is 19.3 Å². The second-order valence-electron chi connectivity index (χ2n) is 12.9. The first-order chi connectivity index (χ1) is 23.8. The number of aliphatic hydroxyl groups excluding tert-OH is 1. The molecule has 2 heterocycles. The average Bonchev–Trinajstić information content (AvgIpc) is 3.64. The van der Waals surface area contributed by atoms with Crippen LogP contribution in [-0.4, -0.2) is 65.8 Å². The zero-order valence-corrected chi connectivity index (χ0v) is 29.8. The normalized spacial score (nSPS) is 13.8. The molecule has 0 spiro atoms. The van der Waals surface area contributed by atoms with Crippen molar-refractivity contribution in [2.45, 2.75) is 65.8 Å². The van der Waals surface area contributed by atoms with Gasteiger partial charge in [0.15, 0.2) is 0 Å². The quantitative estimate of drug-likeness (QED) is 0.120. The van der Waals surface area contributed by atoms with Crippen molar-refractivity contribution in [3.05, 3.63) is 105 Å². The molecular formula is C40H47ClN4O4. The molecule has 3 aromatic carbocycles. The molecule has 5 rings (SSSR count). The van der Waals surface area contributed by atoms with E-state index in [2.05, 4.69) is 66.2 Å². The summed E-state index contributed by atoms with van der Waals surface area (Å²) in [6.07, 6.45) is 6.84. The summed E-state index contributed by atoms with van der Waals surface area (Å²) in [5, 5.41) is 19.5. The summed E-state index contributed by atoms with van der Waals surface area (Å²) in [6, 6.07) is 20.1. The summed E-state index contributed by atoms with van der Waals surface area (Å²) in [5.74, 6) is 2.04. The number of ether oxygens (including phenoxy) is 3. The Kier molecular flexibility index (Phi) is 12.9. The summed E-state index contributed by atoms with van der Waals surface area (Å²) in [5.41, 5.74) is 7.69. The van der Waals surface area contributed by atoms with Gasteiger partial charge in [-0.25, -0.2) is 0 Å². The Morgan fingerprint density at radius 2 is 1.65 bits per heavy atom. The number of nitrogens with zero attached hydrogens (tertiary/aromatic N) is 4. The van der Waals surface area contributed by atoms with Gasteiger partial charge in [-0.2, -0.15) is 5.26 Å². The Morgan fingerprint density at radius 3 is 2.41 bits per heavy atom. The number of hydrogen-bond acceptors (Lipinski definition) is 8. The van der Waals surface area contributed by atoms with E-state index in [1.54, 1.807) is 12.3 Å². The molecule has 0 bridgehead atoms. The maximum atomic E-state index is 9.69. The number of halogens is 1. The van der Waals surface area contributed by atoms with Crippen molar-refractivity contribution >= 4 is 11.6 Å². The molecule has 0 radical (unpaired) electrons. The van der Waals surface area contributed by atoms with Crippen molar-refractivity contribution in [1.29, 1.82) is 5.26 Å². The van der Waals surface area contributed by atoms with Gasteiger partial charge in [0.2, 0.25) is 0 Å². The zero-order valence-electron chi connectivity index (χ0n) is 29.0. The smallest absolute Gasteiger partial charge is 0.142 e. The SMILES string of the molecule is Cc1c(COc2cc(OCc3cncc(C#N)c3)c(CN(C)C(C)CO)cc2Cl)cccc1-c1cccc(OCCCN2CCCC2)c1C. The van der Waals surface area contributed by atoms with Crippen molar-refractivity contribution in [3.63, 3.8) is 0 Å². The summed E-state index contributed by atoms with van der Waals surface area (Å²) in [7, 11) is 1.94. The minimum atomic E-state index is -0.0509. The number of pyridine rings is 1. The van der Waals surface area contributed by atoms with Gasteiger partial charge in [-0.15, -0.1) is 0 Å². The molecule has 49 heavy (non-hydrogen) atoms. The van der Waals surface area contributed by atoms with Crippen LogP contribution in [0, 0.1) is 25.2 Å². The molecule has 1 unspecified atom stereocenters. The fraction of sp³-hybridized carbons (Fsp3) is 0.400.